The fraction of sp³-hybridized carbons (Fsp3) is 1.00. The van der Waals surface area contributed by atoms with Crippen molar-refractivity contribution >= 4 is 11.8 Å². The maximum Gasteiger partial charge on any atom is 0.0774 e. The van der Waals surface area contributed by atoms with Gasteiger partial charge < -0.3 is 5.11 Å². The minimum Gasteiger partial charge on any atom is -0.389 e. The lowest BCUT2D eigenvalue weighted by molar-refractivity contribution is 0.0103. The van der Waals surface area contributed by atoms with Crippen LogP contribution in [0.15, 0.2) is 0 Å². The van der Waals surface area contributed by atoms with Gasteiger partial charge in [-0.05, 0) is 19.3 Å². The van der Waals surface area contributed by atoms with Crippen molar-refractivity contribution in [3.63, 3.8) is 0 Å². The molecule has 1 aliphatic heterocycles. The zero-order valence-corrected chi connectivity index (χ0v) is 10.6. The van der Waals surface area contributed by atoms with Crippen LogP contribution >= 0.6 is 11.8 Å². The molecule has 1 saturated heterocycles. The molecule has 15 heavy (non-hydrogen) atoms. The molecule has 0 bridgehead atoms. The van der Waals surface area contributed by atoms with Gasteiger partial charge in [0.05, 0.1) is 5.60 Å². The minimum atomic E-state index is -0.347. The minimum absolute atomic E-state index is 0.347. The van der Waals surface area contributed by atoms with Crippen LogP contribution < -0.4 is 0 Å². The van der Waals surface area contributed by atoms with Crippen LogP contribution in [0.2, 0.25) is 0 Å². The van der Waals surface area contributed by atoms with Crippen molar-refractivity contribution in [2.24, 2.45) is 0 Å². The second-order valence-corrected chi connectivity index (χ2v) is 6.48. The highest BCUT2D eigenvalue weighted by Crippen LogP contribution is 2.31. The molecule has 2 aliphatic rings. The molecule has 88 valence electrons. The van der Waals surface area contributed by atoms with Crippen molar-refractivity contribution in [3.05, 3.63) is 0 Å². The van der Waals surface area contributed by atoms with Gasteiger partial charge in [-0.15, -0.1) is 0 Å². The van der Waals surface area contributed by atoms with E-state index in [9.17, 15) is 5.11 Å². The standard InChI is InChI=1S/C12H23NOS/c1-2-11-9-13(7-8-15-11)10-12(14)5-3-4-6-12/h11,14H,2-10H2,1H3. The average molecular weight is 229 g/mol. The predicted molar refractivity (Wildman–Crippen MR) is 66.4 cm³/mol. The van der Waals surface area contributed by atoms with Gasteiger partial charge in [0.25, 0.3) is 0 Å². The lowest BCUT2D eigenvalue weighted by Crippen LogP contribution is -2.46. The Bertz CT molecular complexity index is 204. The largest absolute Gasteiger partial charge is 0.389 e. The average Bonchev–Trinajstić information content (AvgIpc) is 2.65. The Morgan fingerprint density at radius 3 is 2.80 bits per heavy atom. The van der Waals surface area contributed by atoms with Crippen LogP contribution in [0.5, 0.6) is 0 Å². The lowest BCUT2D eigenvalue weighted by Gasteiger charge is -2.36. The van der Waals surface area contributed by atoms with Crippen LogP contribution in [0.1, 0.15) is 39.0 Å². The van der Waals surface area contributed by atoms with E-state index >= 15 is 0 Å². The second kappa shape index (κ2) is 5.07. The van der Waals surface area contributed by atoms with Crippen LogP contribution in [0.3, 0.4) is 0 Å². The first-order valence-corrected chi connectivity index (χ1v) is 7.33. The molecule has 1 atom stereocenters. The summed E-state index contributed by atoms with van der Waals surface area (Å²) in [6, 6.07) is 0. The van der Waals surface area contributed by atoms with E-state index < -0.39 is 0 Å². The van der Waals surface area contributed by atoms with E-state index in [0.29, 0.717) is 0 Å². The van der Waals surface area contributed by atoms with Crippen LogP contribution in [0.25, 0.3) is 0 Å². The summed E-state index contributed by atoms with van der Waals surface area (Å²) in [7, 11) is 0. The number of aliphatic hydroxyl groups is 1. The fourth-order valence-corrected chi connectivity index (χ4v) is 4.03. The summed E-state index contributed by atoms with van der Waals surface area (Å²) in [5, 5.41) is 11.1. The monoisotopic (exact) mass is 229 g/mol. The van der Waals surface area contributed by atoms with Gasteiger partial charge in [0, 0.05) is 30.6 Å². The Hall–Kier alpha value is 0.270. The molecule has 0 amide bonds. The van der Waals surface area contributed by atoms with E-state index in [1.807, 2.05) is 0 Å². The van der Waals surface area contributed by atoms with Crippen molar-refractivity contribution in [2.45, 2.75) is 49.9 Å². The summed E-state index contributed by atoms with van der Waals surface area (Å²) in [5.41, 5.74) is -0.347. The number of nitrogens with zero attached hydrogens (tertiary/aromatic N) is 1. The summed E-state index contributed by atoms with van der Waals surface area (Å²) in [5.74, 6) is 1.24. The zero-order valence-electron chi connectivity index (χ0n) is 9.74. The zero-order chi connectivity index (χ0) is 10.7. The van der Waals surface area contributed by atoms with Crippen molar-refractivity contribution in [1.29, 1.82) is 0 Å². The maximum absolute atomic E-state index is 10.4. The molecule has 0 aromatic carbocycles. The van der Waals surface area contributed by atoms with Crippen LogP contribution in [0.4, 0.5) is 0 Å². The Balaban J connectivity index is 1.83. The third-order valence-corrected chi connectivity index (χ3v) is 5.10. The molecular weight excluding hydrogens is 206 g/mol. The highest BCUT2D eigenvalue weighted by Gasteiger charge is 2.34. The number of β-amino-alcohol motifs (C(OH)–C–C–N with tert-alkyl or cyclic N) is 1. The number of hydrogen-bond acceptors (Lipinski definition) is 3. The molecule has 1 aliphatic carbocycles. The Labute approximate surface area is 97.4 Å². The summed E-state index contributed by atoms with van der Waals surface area (Å²) < 4.78 is 0. The molecule has 1 heterocycles. The summed E-state index contributed by atoms with van der Waals surface area (Å²) in [4.78, 5) is 2.48. The maximum atomic E-state index is 10.4. The molecule has 0 radical (unpaired) electrons. The van der Waals surface area contributed by atoms with E-state index in [1.165, 1.54) is 38.1 Å². The topological polar surface area (TPSA) is 23.5 Å². The Morgan fingerprint density at radius 1 is 1.40 bits per heavy atom. The van der Waals surface area contributed by atoms with Crippen molar-refractivity contribution < 1.29 is 5.11 Å². The van der Waals surface area contributed by atoms with E-state index in [2.05, 4.69) is 23.6 Å². The molecular formula is C12H23NOS. The molecule has 3 heteroatoms. The van der Waals surface area contributed by atoms with E-state index in [1.54, 1.807) is 0 Å². The van der Waals surface area contributed by atoms with Gasteiger partial charge in [-0.3, -0.25) is 4.90 Å². The van der Waals surface area contributed by atoms with E-state index in [0.717, 1.165) is 24.6 Å². The first kappa shape index (κ1) is 11.7. The van der Waals surface area contributed by atoms with Gasteiger partial charge in [0.15, 0.2) is 0 Å². The van der Waals surface area contributed by atoms with Crippen molar-refractivity contribution in [1.82, 2.24) is 4.90 Å². The highest BCUT2D eigenvalue weighted by molar-refractivity contribution is 8.00. The van der Waals surface area contributed by atoms with Gasteiger partial charge in [0.1, 0.15) is 0 Å². The molecule has 1 saturated carbocycles. The van der Waals surface area contributed by atoms with Crippen molar-refractivity contribution in [2.75, 3.05) is 25.4 Å². The third-order valence-electron chi connectivity index (χ3n) is 3.73. The highest BCUT2D eigenvalue weighted by atomic mass is 32.2. The third kappa shape index (κ3) is 3.11. The normalized spacial score (nSPS) is 32.0. The SMILES string of the molecule is CCC1CN(CC2(O)CCCC2)CCS1. The molecule has 0 aromatic heterocycles. The second-order valence-electron chi connectivity index (χ2n) is 5.07. The van der Waals surface area contributed by atoms with Crippen LogP contribution in [0, 0.1) is 0 Å². The van der Waals surface area contributed by atoms with Gasteiger partial charge in [-0.25, -0.2) is 0 Å². The fourth-order valence-electron chi connectivity index (χ4n) is 2.78. The Morgan fingerprint density at radius 2 is 2.13 bits per heavy atom. The van der Waals surface area contributed by atoms with Crippen molar-refractivity contribution in [3.8, 4) is 0 Å². The van der Waals surface area contributed by atoms with Gasteiger partial charge in [-0.2, -0.15) is 11.8 Å². The molecule has 2 rings (SSSR count). The number of hydrogen-bond donors (Lipinski definition) is 1. The predicted octanol–water partition coefficient (Wildman–Crippen LogP) is 2.12. The molecule has 1 unspecified atom stereocenters. The first-order chi connectivity index (χ1) is 7.22. The number of thioether (sulfide) groups is 1. The van der Waals surface area contributed by atoms with Gasteiger partial charge in [0.2, 0.25) is 0 Å². The molecule has 1 N–H and O–H groups in total. The van der Waals surface area contributed by atoms with Gasteiger partial charge in [-0.1, -0.05) is 19.8 Å². The van der Waals surface area contributed by atoms with E-state index in [-0.39, 0.29) is 5.60 Å². The summed E-state index contributed by atoms with van der Waals surface area (Å²) in [6.45, 7) is 5.54. The van der Waals surface area contributed by atoms with Crippen LogP contribution in [-0.4, -0.2) is 46.2 Å². The van der Waals surface area contributed by atoms with E-state index in [4.69, 9.17) is 0 Å². The first-order valence-electron chi connectivity index (χ1n) is 6.28. The van der Waals surface area contributed by atoms with Crippen LogP contribution in [-0.2, 0) is 0 Å². The molecule has 0 aromatic rings. The summed E-state index contributed by atoms with van der Waals surface area (Å²) in [6.07, 6.45) is 5.74. The quantitative estimate of drug-likeness (QED) is 0.802. The molecule has 2 fully saturated rings. The molecule has 2 nitrogen and oxygen atoms in total. The lowest BCUT2D eigenvalue weighted by atomic mass is 10.0. The Kier molecular flexibility index (Phi) is 3.97. The number of rotatable bonds is 3. The smallest absolute Gasteiger partial charge is 0.0774 e. The van der Waals surface area contributed by atoms with Gasteiger partial charge >= 0.3 is 0 Å². The summed E-state index contributed by atoms with van der Waals surface area (Å²) >= 11 is 2.10. The molecule has 0 spiro atoms.